The third-order valence-corrected chi connectivity index (χ3v) is 4.46. The fourth-order valence-electron chi connectivity index (χ4n) is 3.29. The smallest absolute Gasteiger partial charge is 0.223 e. The standard InChI is InChI=1S/C14H25NO2/c16-10-9-11-5-7-12(8-6-11)14(17)15-13-3-1-2-4-13/h11-13,16H,1-10H2,(H,15,17). The zero-order chi connectivity index (χ0) is 12.1. The van der Waals surface area contributed by atoms with Crippen LogP contribution in [0.4, 0.5) is 0 Å². The Bertz CT molecular complexity index is 241. The molecule has 17 heavy (non-hydrogen) atoms. The lowest BCUT2D eigenvalue weighted by molar-refractivity contribution is -0.126. The third kappa shape index (κ3) is 3.70. The van der Waals surface area contributed by atoms with Crippen LogP contribution >= 0.6 is 0 Å². The molecule has 2 fully saturated rings. The average Bonchev–Trinajstić information content (AvgIpc) is 2.83. The molecule has 0 radical (unpaired) electrons. The van der Waals surface area contributed by atoms with Gasteiger partial charge in [-0.05, 0) is 50.9 Å². The van der Waals surface area contributed by atoms with E-state index in [1.165, 1.54) is 25.7 Å². The molecule has 2 N–H and O–H groups in total. The summed E-state index contributed by atoms with van der Waals surface area (Å²) in [4.78, 5) is 12.1. The van der Waals surface area contributed by atoms with Crippen LogP contribution in [0.3, 0.4) is 0 Å². The third-order valence-electron chi connectivity index (χ3n) is 4.46. The molecule has 0 saturated heterocycles. The lowest BCUT2D eigenvalue weighted by atomic mass is 9.80. The summed E-state index contributed by atoms with van der Waals surface area (Å²) in [5, 5.41) is 12.1. The zero-order valence-electron chi connectivity index (χ0n) is 10.7. The first-order chi connectivity index (χ1) is 8.29. The van der Waals surface area contributed by atoms with Crippen molar-refractivity contribution in [1.82, 2.24) is 5.32 Å². The highest BCUT2D eigenvalue weighted by Gasteiger charge is 2.27. The molecule has 1 amide bonds. The largest absolute Gasteiger partial charge is 0.396 e. The van der Waals surface area contributed by atoms with E-state index in [9.17, 15) is 4.79 Å². The van der Waals surface area contributed by atoms with E-state index in [0.717, 1.165) is 32.1 Å². The van der Waals surface area contributed by atoms with Gasteiger partial charge in [-0.25, -0.2) is 0 Å². The van der Waals surface area contributed by atoms with Crippen molar-refractivity contribution in [1.29, 1.82) is 0 Å². The number of rotatable bonds is 4. The van der Waals surface area contributed by atoms with Gasteiger partial charge in [-0.15, -0.1) is 0 Å². The average molecular weight is 239 g/mol. The Labute approximate surface area is 104 Å². The molecule has 0 spiro atoms. The minimum Gasteiger partial charge on any atom is -0.396 e. The van der Waals surface area contributed by atoms with Gasteiger partial charge in [-0.1, -0.05) is 12.8 Å². The second-order valence-corrected chi connectivity index (χ2v) is 5.72. The van der Waals surface area contributed by atoms with Crippen molar-refractivity contribution < 1.29 is 9.90 Å². The Morgan fingerprint density at radius 2 is 1.71 bits per heavy atom. The highest BCUT2D eigenvalue weighted by Crippen LogP contribution is 2.31. The van der Waals surface area contributed by atoms with Crippen LogP contribution in [-0.2, 0) is 4.79 Å². The van der Waals surface area contributed by atoms with Crippen LogP contribution in [0.2, 0.25) is 0 Å². The van der Waals surface area contributed by atoms with Crippen LogP contribution in [-0.4, -0.2) is 23.7 Å². The summed E-state index contributed by atoms with van der Waals surface area (Å²) in [6, 6.07) is 0.456. The molecular weight excluding hydrogens is 214 g/mol. The van der Waals surface area contributed by atoms with Crippen molar-refractivity contribution in [2.45, 2.75) is 63.8 Å². The maximum absolute atomic E-state index is 12.1. The second kappa shape index (κ2) is 6.39. The fourth-order valence-corrected chi connectivity index (χ4v) is 3.29. The second-order valence-electron chi connectivity index (χ2n) is 5.72. The topological polar surface area (TPSA) is 49.3 Å². The summed E-state index contributed by atoms with van der Waals surface area (Å²) in [5.41, 5.74) is 0. The van der Waals surface area contributed by atoms with Crippen molar-refractivity contribution >= 4 is 5.91 Å². The van der Waals surface area contributed by atoms with E-state index in [4.69, 9.17) is 5.11 Å². The maximum Gasteiger partial charge on any atom is 0.223 e. The van der Waals surface area contributed by atoms with Crippen LogP contribution in [0.5, 0.6) is 0 Å². The lowest BCUT2D eigenvalue weighted by Crippen LogP contribution is -2.38. The van der Waals surface area contributed by atoms with Gasteiger partial charge in [0.1, 0.15) is 0 Å². The number of amides is 1. The Hall–Kier alpha value is -0.570. The van der Waals surface area contributed by atoms with Gasteiger partial charge in [0.05, 0.1) is 0 Å². The molecule has 98 valence electrons. The predicted molar refractivity (Wildman–Crippen MR) is 67.5 cm³/mol. The van der Waals surface area contributed by atoms with Crippen molar-refractivity contribution in [2.75, 3.05) is 6.61 Å². The van der Waals surface area contributed by atoms with Gasteiger partial charge < -0.3 is 10.4 Å². The van der Waals surface area contributed by atoms with E-state index in [-0.39, 0.29) is 5.92 Å². The number of hydrogen-bond acceptors (Lipinski definition) is 2. The van der Waals surface area contributed by atoms with Crippen LogP contribution < -0.4 is 5.32 Å². The zero-order valence-corrected chi connectivity index (χ0v) is 10.7. The normalized spacial score (nSPS) is 30.4. The molecule has 0 heterocycles. The summed E-state index contributed by atoms with van der Waals surface area (Å²) >= 11 is 0. The summed E-state index contributed by atoms with van der Waals surface area (Å²) in [5.74, 6) is 1.18. The molecule has 0 unspecified atom stereocenters. The lowest BCUT2D eigenvalue weighted by Gasteiger charge is -2.28. The van der Waals surface area contributed by atoms with E-state index < -0.39 is 0 Å². The first kappa shape index (κ1) is 12.9. The molecule has 0 aromatic carbocycles. The number of carbonyl (C=O) groups is 1. The van der Waals surface area contributed by atoms with Gasteiger partial charge in [0.15, 0.2) is 0 Å². The minimum absolute atomic E-state index is 0.241. The molecule has 0 aromatic rings. The quantitative estimate of drug-likeness (QED) is 0.790. The minimum atomic E-state index is 0.241. The molecule has 0 aromatic heterocycles. The van der Waals surface area contributed by atoms with Crippen LogP contribution in [0.15, 0.2) is 0 Å². The van der Waals surface area contributed by atoms with Crippen molar-refractivity contribution in [3.8, 4) is 0 Å². The van der Waals surface area contributed by atoms with E-state index in [1.54, 1.807) is 0 Å². The van der Waals surface area contributed by atoms with Crippen LogP contribution in [0, 0.1) is 11.8 Å². The number of hydrogen-bond donors (Lipinski definition) is 2. The van der Waals surface area contributed by atoms with E-state index >= 15 is 0 Å². The maximum atomic E-state index is 12.1. The molecule has 2 aliphatic carbocycles. The Morgan fingerprint density at radius 1 is 1.06 bits per heavy atom. The summed E-state index contributed by atoms with van der Waals surface area (Å²) in [6.07, 6.45) is 10.1. The van der Waals surface area contributed by atoms with Crippen molar-refractivity contribution in [3.05, 3.63) is 0 Å². The molecule has 0 aliphatic heterocycles. The molecule has 3 nitrogen and oxygen atoms in total. The summed E-state index contributed by atoms with van der Waals surface area (Å²) in [7, 11) is 0. The molecule has 2 saturated carbocycles. The molecule has 2 aliphatic rings. The molecule has 0 atom stereocenters. The van der Waals surface area contributed by atoms with Crippen LogP contribution in [0.25, 0.3) is 0 Å². The molecule has 0 bridgehead atoms. The fraction of sp³-hybridized carbons (Fsp3) is 0.929. The Balaban J connectivity index is 1.70. The van der Waals surface area contributed by atoms with Gasteiger partial charge in [-0.2, -0.15) is 0 Å². The number of carbonyl (C=O) groups excluding carboxylic acids is 1. The number of aliphatic hydroxyl groups excluding tert-OH is 1. The molecule has 3 heteroatoms. The van der Waals surface area contributed by atoms with Crippen molar-refractivity contribution in [2.24, 2.45) is 11.8 Å². The van der Waals surface area contributed by atoms with Gasteiger partial charge in [0.25, 0.3) is 0 Å². The first-order valence-corrected chi connectivity index (χ1v) is 7.21. The number of nitrogens with one attached hydrogen (secondary N) is 1. The summed E-state index contributed by atoms with van der Waals surface area (Å²) in [6.45, 7) is 0.295. The SMILES string of the molecule is O=C(NC1CCCC1)C1CCC(CCO)CC1. The van der Waals surface area contributed by atoms with Gasteiger partial charge in [0.2, 0.25) is 5.91 Å². The number of aliphatic hydroxyl groups is 1. The predicted octanol–water partition coefficient (Wildman–Crippen LogP) is 2.23. The molecule has 2 rings (SSSR count). The first-order valence-electron chi connectivity index (χ1n) is 7.21. The van der Waals surface area contributed by atoms with Gasteiger partial charge >= 0.3 is 0 Å². The van der Waals surface area contributed by atoms with Gasteiger partial charge in [0, 0.05) is 18.6 Å². The summed E-state index contributed by atoms with van der Waals surface area (Å²) < 4.78 is 0. The monoisotopic (exact) mass is 239 g/mol. The highest BCUT2D eigenvalue weighted by molar-refractivity contribution is 5.79. The van der Waals surface area contributed by atoms with E-state index in [2.05, 4.69) is 5.32 Å². The van der Waals surface area contributed by atoms with E-state index in [1.807, 2.05) is 0 Å². The van der Waals surface area contributed by atoms with E-state index in [0.29, 0.717) is 24.5 Å². The van der Waals surface area contributed by atoms with Crippen LogP contribution in [0.1, 0.15) is 57.8 Å². The molecular formula is C14H25NO2. The van der Waals surface area contributed by atoms with Crippen molar-refractivity contribution in [3.63, 3.8) is 0 Å². The Morgan fingerprint density at radius 3 is 2.29 bits per heavy atom. The van der Waals surface area contributed by atoms with Gasteiger partial charge in [-0.3, -0.25) is 4.79 Å². The Kier molecular flexibility index (Phi) is 4.84. The highest BCUT2D eigenvalue weighted by atomic mass is 16.3.